The van der Waals surface area contributed by atoms with Crippen molar-refractivity contribution < 1.29 is 9.59 Å². The molecule has 0 aliphatic carbocycles. The molecule has 42 heavy (non-hydrogen) atoms. The second kappa shape index (κ2) is 12.1. The van der Waals surface area contributed by atoms with Crippen molar-refractivity contribution in [2.75, 3.05) is 36.0 Å². The topological polar surface area (TPSA) is 43.9 Å². The molecule has 0 aromatic heterocycles. The lowest BCUT2D eigenvalue weighted by atomic mass is 10.0. The van der Waals surface area contributed by atoms with Crippen LogP contribution in [0.1, 0.15) is 32.6 Å². The van der Waals surface area contributed by atoms with Gasteiger partial charge in [0.05, 0.1) is 17.1 Å². The number of nitrogens with zero attached hydrogens (tertiary/aromatic N) is 3. The van der Waals surface area contributed by atoms with Crippen molar-refractivity contribution >= 4 is 52.6 Å². The van der Waals surface area contributed by atoms with Crippen LogP contribution in [0.4, 0.5) is 11.4 Å². The van der Waals surface area contributed by atoms with Gasteiger partial charge in [-0.2, -0.15) is 0 Å². The number of hydrogen-bond acceptors (Lipinski definition) is 4. The molecule has 1 saturated heterocycles. The van der Waals surface area contributed by atoms with Crippen molar-refractivity contribution in [3.8, 4) is 0 Å². The van der Waals surface area contributed by atoms with Crippen molar-refractivity contribution in [1.82, 2.24) is 4.90 Å². The van der Waals surface area contributed by atoms with Crippen LogP contribution in [-0.2, 0) is 11.3 Å². The number of rotatable bonds is 5. The van der Waals surface area contributed by atoms with Crippen molar-refractivity contribution in [2.45, 2.75) is 25.3 Å². The van der Waals surface area contributed by atoms with E-state index in [0.717, 1.165) is 40.5 Å². The SMILES string of the molecule is Cc1ccc(C)c(CN2C(=O)C(=Cc3ccc(C(=O)N4CCN(c5cccc(Cl)c5)CC4)cc3)Sc3ccccc32)c1. The zero-order chi connectivity index (χ0) is 29.2. The Labute approximate surface area is 256 Å². The normalized spacial score (nSPS) is 16.1. The second-order valence-electron chi connectivity index (χ2n) is 10.8. The number of benzene rings is 4. The standard InChI is InChI=1S/C35H32ClN3O2S/c1-24-10-11-25(2)28(20-24)23-39-31-8-3-4-9-32(31)42-33(35(39)41)21-26-12-14-27(15-13-26)34(40)38-18-16-37(17-19-38)30-7-5-6-29(36)22-30/h3-15,20-22H,16-19,23H2,1-2H3. The van der Waals surface area contributed by atoms with Crippen LogP contribution < -0.4 is 9.80 Å². The largest absolute Gasteiger partial charge is 0.368 e. The first-order chi connectivity index (χ1) is 20.4. The van der Waals surface area contributed by atoms with Gasteiger partial charge in [-0.3, -0.25) is 9.59 Å². The highest BCUT2D eigenvalue weighted by molar-refractivity contribution is 8.04. The molecule has 4 aromatic rings. The molecule has 2 heterocycles. The van der Waals surface area contributed by atoms with E-state index in [9.17, 15) is 9.59 Å². The molecule has 7 heteroatoms. The van der Waals surface area contributed by atoms with Gasteiger partial charge in [-0.25, -0.2) is 0 Å². The second-order valence-corrected chi connectivity index (χ2v) is 12.3. The minimum atomic E-state index is -0.0164. The fourth-order valence-electron chi connectivity index (χ4n) is 5.46. The summed E-state index contributed by atoms with van der Waals surface area (Å²) in [5.41, 5.74) is 7.04. The Balaban J connectivity index is 1.17. The average molecular weight is 594 g/mol. The molecule has 2 amide bonds. The molecule has 0 bridgehead atoms. The third-order valence-corrected chi connectivity index (χ3v) is 9.17. The highest BCUT2D eigenvalue weighted by atomic mass is 35.5. The first kappa shape index (κ1) is 28.1. The van der Waals surface area contributed by atoms with E-state index in [0.29, 0.717) is 35.1 Å². The quantitative estimate of drug-likeness (QED) is 0.224. The van der Waals surface area contributed by atoms with E-state index < -0.39 is 0 Å². The van der Waals surface area contributed by atoms with Gasteiger partial charge in [0.15, 0.2) is 0 Å². The van der Waals surface area contributed by atoms with Crippen molar-refractivity contribution in [3.05, 3.63) is 129 Å². The van der Waals surface area contributed by atoms with Crippen molar-refractivity contribution in [3.63, 3.8) is 0 Å². The van der Waals surface area contributed by atoms with E-state index in [-0.39, 0.29) is 11.8 Å². The van der Waals surface area contributed by atoms with Crippen molar-refractivity contribution in [2.24, 2.45) is 0 Å². The number of piperazine rings is 1. The average Bonchev–Trinajstić information content (AvgIpc) is 3.01. The van der Waals surface area contributed by atoms with Gasteiger partial charge in [0.25, 0.3) is 11.8 Å². The summed E-state index contributed by atoms with van der Waals surface area (Å²) in [6.07, 6.45) is 1.93. The van der Waals surface area contributed by atoms with Crippen LogP contribution in [0.3, 0.4) is 0 Å². The summed E-state index contributed by atoms with van der Waals surface area (Å²) in [4.78, 5) is 34.8. The van der Waals surface area contributed by atoms with Gasteiger partial charge < -0.3 is 14.7 Å². The molecule has 0 saturated carbocycles. The number of carbonyl (C=O) groups is 2. The summed E-state index contributed by atoms with van der Waals surface area (Å²) >= 11 is 7.66. The number of carbonyl (C=O) groups excluding carboxylic acids is 2. The summed E-state index contributed by atoms with van der Waals surface area (Å²) in [7, 11) is 0. The number of amides is 2. The molecule has 0 N–H and O–H groups in total. The summed E-state index contributed by atoms with van der Waals surface area (Å²) in [6.45, 7) is 7.49. The number of anilines is 2. The molecule has 2 aliphatic rings. The maximum absolute atomic E-state index is 13.8. The Kier molecular flexibility index (Phi) is 8.09. The Morgan fingerprint density at radius 3 is 2.40 bits per heavy atom. The molecule has 0 radical (unpaired) electrons. The van der Waals surface area contributed by atoms with Crippen LogP contribution in [0, 0.1) is 13.8 Å². The van der Waals surface area contributed by atoms with E-state index in [2.05, 4.69) is 43.0 Å². The number of hydrogen-bond donors (Lipinski definition) is 0. The van der Waals surface area contributed by atoms with E-state index in [4.69, 9.17) is 11.6 Å². The molecule has 1 fully saturated rings. The van der Waals surface area contributed by atoms with E-state index in [1.54, 1.807) is 0 Å². The van der Waals surface area contributed by atoms with Gasteiger partial charge in [0.2, 0.25) is 0 Å². The highest BCUT2D eigenvalue weighted by Gasteiger charge is 2.29. The number of para-hydroxylation sites is 1. The fourth-order valence-corrected chi connectivity index (χ4v) is 6.70. The van der Waals surface area contributed by atoms with E-state index >= 15 is 0 Å². The molecular weight excluding hydrogens is 562 g/mol. The molecule has 0 spiro atoms. The van der Waals surface area contributed by atoms with Gasteiger partial charge in [-0.05, 0) is 79.1 Å². The number of fused-ring (bicyclic) bond motifs is 1. The first-order valence-corrected chi connectivity index (χ1v) is 15.3. The molecular formula is C35H32ClN3O2S. The maximum atomic E-state index is 13.8. The molecule has 6 rings (SSSR count). The third-order valence-electron chi connectivity index (χ3n) is 7.86. The lowest BCUT2D eigenvalue weighted by Gasteiger charge is -2.36. The van der Waals surface area contributed by atoms with Crippen LogP contribution >= 0.6 is 23.4 Å². The smallest absolute Gasteiger partial charge is 0.265 e. The molecule has 0 atom stereocenters. The molecule has 2 aliphatic heterocycles. The maximum Gasteiger partial charge on any atom is 0.265 e. The number of aryl methyl sites for hydroxylation is 2. The fraction of sp³-hybridized carbons (Fsp3) is 0.200. The molecule has 4 aromatic carbocycles. The van der Waals surface area contributed by atoms with Gasteiger partial charge >= 0.3 is 0 Å². The summed E-state index contributed by atoms with van der Waals surface area (Å²) < 4.78 is 0. The lowest BCUT2D eigenvalue weighted by molar-refractivity contribution is -0.114. The van der Waals surface area contributed by atoms with Crippen LogP contribution in [0.15, 0.2) is 101 Å². The monoisotopic (exact) mass is 593 g/mol. The number of halogens is 1. The van der Waals surface area contributed by atoms with Crippen LogP contribution in [0.2, 0.25) is 5.02 Å². The summed E-state index contributed by atoms with van der Waals surface area (Å²) in [5, 5.41) is 0.715. The number of thioether (sulfide) groups is 1. The van der Waals surface area contributed by atoms with Crippen LogP contribution in [0.5, 0.6) is 0 Å². The third kappa shape index (κ3) is 5.96. The molecule has 5 nitrogen and oxygen atoms in total. The minimum Gasteiger partial charge on any atom is -0.368 e. The Hall–Kier alpha value is -4.00. The van der Waals surface area contributed by atoms with Gasteiger partial charge in [0, 0.05) is 47.3 Å². The predicted molar refractivity (Wildman–Crippen MR) is 173 cm³/mol. The zero-order valence-corrected chi connectivity index (χ0v) is 25.3. The first-order valence-electron chi connectivity index (χ1n) is 14.1. The van der Waals surface area contributed by atoms with E-state index in [1.165, 1.54) is 22.9 Å². The van der Waals surface area contributed by atoms with Gasteiger partial charge in [0.1, 0.15) is 0 Å². The Morgan fingerprint density at radius 2 is 1.64 bits per heavy atom. The summed E-state index contributed by atoms with van der Waals surface area (Å²) in [6, 6.07) is 29.8. The van der Waals surface area contributed by atoms with Crippen molar-refractivity contribution in [1.29, 1.82) is 0 Å². The Morgan fingerprint density at radius 1 is 0.881 bits per heavy atom. The summed E-state index contributed by atoms with van der Waals surface area (Å²) in [5.74, 6) is 0.00836. The molecule has 212 valence electrons. The van der Waals surface area contributed by atoms with E-state index in [1.807, 2.05) is 82.6 Å². The zero-order valence-electron chi connectivity index (χ0n) is 23.7. The van der Waals surface area contributed by atoms with Gasteiger partial charge in [-0.15, -0.1) is 0 Å². The Bertz CT molecular complexity index is 1680. The highest BCUT2D eigenvalue weighted by Crippen LogP contribution is 2.42. The lowest BCUT2D eigenvalue weighted by Crippen LogP contribution is -2.48. The van der Waals surface area contributed by atoms with Gasteiger partial charge in [-0.1, -0.05) is 77.5 Å². The molecule has 0 unspecified atom stereocenters. The predicted octanol–water partition coefficient (Wildman–Crippen LogP) is 7.60. The minimum absolute atomic E-state index is 0.0164. The van der Waals surface area contributed by atoms with Crippen LogP contribution in [0.25, 0.3) is 6.08 Å². The van der Waals surface area contributed by atoms with Crippen LogP contribution in [-0.4, -0.2) is 42.9 Å².